The minimum absolute atomic E-state index is 0.253. The van der Waals surface area contributed by atoms with Crippen LogP contribution in [0.3, 0.4) is 0 Å². The fourth-order valence-electron chi connectivity index (χ4n) is 1.68. The number of aromatic nitrogens is 1. The maximum atomic E-state index is 5.45. The van der Waals surface area contributed by atoms with Crippen molar-refractivity contribution in [3.8, 4) is 0 Å². The lowest BCUT2D eigenvalue weighted by Gasteiger charge is -2.22. The molecule has 0 aliphatic rings. The van der Waals surface area contributed by atoms with E-state index in [4.69, 9.17) is 4.42 Å². The number of furan rings is 1. The summed E-state index contributed by atoms with van der Waals surface area (Å²) in [5, 5.41) is 5.46. The molecule has 0 aromatic carbocycles. The van der Waals surface area contributed by atoms with E-state index in [1.165, 1.54) is 0 Å². The first-order chi connectivity index (χ1) is 8.27. The molecule has 0 spiro atoms. The SMILES string of the molecule is CN(C)C(CNCc1cscn1)c1ccco1. The standard InChI is InChI=1S/C12H17N3OS/c1-15(2)11(12-4-3-5-16-12)7-13-6-10-8-17-9-14-10/h3-5,8-9,11,13H,6-7H2,1-2H3. The van der Waals surface area contributed by atoms with Gasteiger partial charge in [-0.2, -0.15) is 0 Å². The van der Waals surface area contributed by atoms with Crippen molar-refractivity contribution in [1.82, 2.24) is 15.2 Å². The Labute approximate surface area is 105 Å². The van der Waals surface area contributed by atoms with E-state index in [0.717, 1.165) is 24.5 Å². The predicted molar refractivity (Wildman–Crippen MR) is 69.0 cm³/mol. The summed E-state index contributed by atoms with van der Waals surface area (Å²) in [5.41, 5.74) is 2.94. The summed E-state index contributed by atoms with van der Waals surface area (Å²) in [6, 6.07) is 4.19. The molecule has 5 heteroatoms. The maximum absolute atomic E-state index is 5.45. The zero-order valence-electron chi connectivity index (χ0n) is 10.1. The molecule has 2 aromatic rings. The highest BCUT2D eigenvalue weighted by atomic mass is 32.1. The van der Waals surface area contributed by atoms with E-state index in [0.29, 0.717) is 0 Å². The van der Waals surface area contributed by atoms with E-state index in [1.807, 2.05) is 17.6 Å². The van der Waals surface area contributed by atoms with Gasteiger partial charge in [-0.15, -0.1) is 11.3 Å². The Balaban J connectivity index is 1.86. The van der Waals surface area contributed by atoms with Gasteiger partial charge in [0.1, 0.15) is 5.76 Å². The average Bonchev–Trinajstić information content (AvgIpc) is 2.96. The van der Waals surface area contributed by atoms with Crippen molar-refractivity contribution >= 4 is 11.3 Å². The van der Waals surface area contributed by atoms with Gasteiger partial charge in [0.2, 0.25) is 0 Å². The van der Waals surface area contributed by atoms with Crippen LogP contribution in [0.25, 0.3) is 0 Å². The van der Waals surface area contributed by atoms with Crippen LogP contribution in [0.4, 0.5) is 0 Å². The molecule has 1 unspecified atom stereocenters. The fourth-order valence-corrected chi connectivity index (χ4v) is 2.24. The number of thiazole rings is 1. The highest BCUT2D eigenvalue weighted by molar-refractivity contribution is 7.07. The first-order valence-corrected chi connectivity index (χ1v) is 6.49. The molecule has 92 valence electrons. The molecule has 0 saturated carbocycles. The first kappa shape index (κ1) is 12.3. The molecule has 1 N–H and O–H groups in total. The van der Waals surface area contributed by atoms with E-state index < -0.39 is 0 Å². The molecule has 2 aromatic heterocycles. The predicted octanol–water partition coefficient (Wildman–Crippen LogP) is 2.13. The van der Waals surface area contributed by atoms with Gasteiger partial charge in [-0.1, -0.05) is 0 Å². The van der Waals surface area contributed by atoms with Crippen LogP contribution in [0.5, 0.6) is 0 Å². The van der Waals surface area contributed by atoms with Gasteiger partial charge < -0.3 is 9.73 Å². The quantitative estimate of drug-likeness (QED) is 0.854. The van der Waals surface area contributed by atoms with Crippen LogP contribution in [0.15, 0.2) is 33.7 Å². The van der Waals surface area contributed by atoms with Crippen LogP contribution in [0.2, 0.25) is 0 Å². The second-order valence-electron chi connectivity index (χ2n) is 4.11. The number of nitrogens with zero attached hydrogens (tertiary/aromatic N) is 2. The van der Waals surface area contributed by atoms with Crippen molar-refractivity contribution in [2.45, 2.75) is 12.6 Å². The summed E-state index contributed by atoms with van der Waals surface area (Å²) in [4.78, 5) is 6.39. The molecule has 1 atom stereocenters. The van der Waals surface area contributed by atoms with E-state index in [9.17, 15) is 0 Å². The fraction of sp³-hybridized carbons (Fsp3) is 0.417. The third-order valence-corrected chi connectivity index (χ3v) is 3.26. The summed E-state index contributed by atoms with van der Waals surface area (Å²) in [6.45, 7) is 1.65. The van der Waals surface area contributed by atoms with Gasteiger partial charge in [-0.25, -0.2) is 4.98 Å². The first-order valence-electron chi connectivity index (χ1n) is 5.55. The van der Waals surface area contributed by atoms with Crippen LogP contribution in [0.1, 0.15) is 17.5 Å². The summed E-state index contributed by atoms with van der Waals surface area (Å²) in [5.74, 6) is 0.987. The largest absolute Gasteiger partial charge is 0.468 e. The minimum atomic E-state index is 0.253. The van der Waals surface area contributed by atoms with Crippen molar-refractivity contribution in [2.75, 3.05) is 20.6 Å². The van der Waals surface area contributed by atoms with Crippen molar-refractivity contribution in [3.63, 3.8) is 0 Å². The average molecular weight is 251 g/mol. The van der Waals surface area contributed by atoms with Gasteiger partial charge in [-0.05, 0) is 26.2 Å². The van der Waals surface area contributed by atoms with Gasteiger partial charge in [0.05, 0.1) is 23.5 Å². The molecule has 17 heavy (non-hydrogen) atoms. The Morgan fingerprint density at radius 3 is 3.00 bits per heavy atom. The molecule has 0 amide bonds. The minimum Gasteiger partial charge on any atom is -0.468 e. The van der Waals surface area contributed by atoms with E-state index in [1.54, 1.807) is 17.6 Å². The van der Waals surface area contributed by atoms with Gasteiger partial charge in [0.15, 0.2) is 0 Å². The molecule has 2 heterocycles. The second-order valence-corrected chi connectivity index (χ2v) is 4.82. The maximum Gasteiger partial charge on any atom is 0.122 e. The van der Waals surface area contributed by atoms with Gasteiger partial charge >= 0.3 is 0 Å². The Hall–Kier alpha value is -1.17. The Bertz CT molecular complexity index is 411. The van der Waals surface area contributed by atoms with Crippen molar-refractivity contribution in [3.05, 3.63) is 40.7 Å². The molecular formula is C12H17N3OS. The van der Waals surface area contributed by atoms with E-state index >= 15 is 0 Å². The summed E-state index contributed by atoms with van der Waals surface area (Å²) in [7, 11) is 4.11. The normalized spacial score (nSPS) is 13.1. The topological polar surface area (TPSA) is 41.3 Å². The van der Waals surface area contributed by atoms with Crippen LogP contribution >= 0.6 is 11.3 Å². The third-order valence-electron chi connectivity index (χ3n) is 2.62. The van der Waals surface area contributed by atoms with Crippen molar-refractivity contribution in [2.24, 2.45) is 0 Å². The summed E-state index contributed by atoms with van der Waals surface area (Å²) < 4.78 is 5.45. The lowest BCUT2D eigenvalue weighted by Crippen LogP contribution is -2.30. The third kappa shape index (κ3) is 3.39. The Morgan fingerprint density at radius 1 is 1.53 bits per heavy atom. The molecule has 0 fully saturated rings. The Kier molecular flexibility index (Phi) is 4.30. The van der Waals surface area contributed by atoms with Gasteiger partial charge in [0.25, 0.3) is 0 Å². The molecule has 0 aliphatic carbocycles. The molecular weight excluding hydrogens is 234 g/mol. The van der Waals surface area contributed by atoms with Gasteiger partial charge in [0, 0.05) is 18.5 Å². The zero-order valence-corrected chi connectivity index (χ0v) is 10.9. The molecule has 4 nitrogen and oxygen atoms in total. The number of rotatable bonds is 6. The molecule has 0 aliphatic heterocycles. The van der Waals surface area contributed by atoms with Crippen LogP contribution < -0.4 is 5.32 Å². The summed E-state index contributed by atoms with van der Waals surface area (Å²) in [6.07, 6.45) is 1.71. The van der Waals surface area contributed by atoms with Crippen molar-refractivity contribution in [1.29, 1.82) is 0 Å². The molecule has 0 radical (unpaired) electrons. The molecule has 0 saturated heterocycles. The van der Waals surface area contributed by atoms with Crippen molar-refractivity contribution < 1.29 is 4.42 Å². The zero-order chi connectivity index (χ0) is 12.1. The molecule has 2 rings (SSSR count). The molecule has 0 bridgehead atoms. The highest BCUT2D eigenvalue weighted by Crippen LogP contribution is 2.17. The number of likely N-dealkylation sites (N-methyl/N-ethyl adjacent to an activating group) is 1. The monoisotopic (exact) mass is 251 g/mol. The van der Waals surface area contributed by atoms with E-state index in [-0.39, 0.29) is 6.04 Å². The lowest BCUT2D eigenvalue weighted by molar-refractivity contribution is 0.250. The van der Waals surface area contributed by atoms with Crippen LogP contribution in [0, 0.1) is 0 Å². The number of hydrogen-bond donors (Lipinski definition) is 1. The van der Waals surface area contributed by atoms with Crippen LogP contribution in [-0.2, 0) is 6.54 Å². The highest BCUT2D eigenvalue weighted by Gasteiger charge is 2.16. The number of hydrogen-bond acceptors (Lipinski definition) is 5. The van der Waals surface area contributed by atoms with E-state index in [2.05, 4.69) is 34.7 Å². The lowest BCUT2D eigenvalue weighted by atomic mass is 10.2. The van der Waals surface area contributed by atoms with Crippen LogP contribution in [-0.4, -0.2) is 30.5 Å². The smallest absolute Gasteiger partial charge is 0.122 e. The van der Waals surface area contributed by atoms with Gasteiger partial charge in [-0.3, -0.25) is 4.90 Å². The number of nitrogens with one attached hydrogen (secondary N) is 1. The Morgan fingerprint density at radius 2 is 2.41 bits per heavy atom. The second kappa shape index (κ2) is 5.95. The summed E-state index contributed by atoms with van der Waals surface area (Å²) >= 11 is 1.62.